The highest BCUT2D eigenvalue weighted by Crippen LogP contribution is 2.18. The number of hydrogen-bond acceptors (Lipinski definition) is 4. The summed E-state index contributed by atoms with van der Waals surface area (Å²) in [7, 11) is -7.45. The van der Waals surface area contributed by atoms with E-state index in [1.807, 2.05) is 0 Å². The third-order valence-corrected chi connectivity index (χ3v) is 5.77. The van der Waals surface area contributed by atoms with Crippen LogP contribution < -0.4 is 9.86 Å². The van der Waals surface area contributed by atoms with E-state index in [4.69, 9.17) is 5.14 Å². The molecule has 0 spiro atoms. The SMILES string of the molecule is NS(=O)(=O)c1ccc(S(=O)(=O)NC[C@H]2CC=CCC2)cc1. The third-order valence-electron chi connectivity index (χ3n) is 3.40. The van der Waals surface area contributed by atoms with Crippen LogP contribution in [0.2, 0.25) is 0 Å². The maximum Gasteiger partial charge on any atom is 0.240 e. The van der Waals surface area contributed by atoms with E-state index in [2.05, 4.69) is 16.9 Å². The molecule has 0 saturated heterocycles. The molecule has 1 aliphatic rings. The van der Waals surface area contributed by atoms with Crippen LogP contribution in [0.4, 0.5) is 0 Å². The minimum Gasteiger partial charge on any atom is -0.225 e. The van der Waals surface area contributed by atoms with Gasteiger partial charge < -0.3 is 0 Å². The highest BCUT2D eigenvalue weighted by Gasteiger charge is 2.18. The highest BCUT2D eigenvalue weighted by molar-refractivity contribution is 7.89. The standard InChI is InChI=1S/C13H18N2O4S2/c14-20(16,17)12-6-8-13(9-7-12)21(18,19)15-10-11-4-2-1-3-5-11/h1-2,6-9,11,15H,3-5,10H2,(H2,14,16,17)/t11-/m0/s1. The monoisotopic (exact) mass is 330 g/mol. The van der Waals surface area contributed by atoms with E-state index in [0.29, 0.717) is 12.5 Å². The summed E-state index contributed by atoms with van der Waals surface area (Å²) >= 11 is 0. The van der Waals surface area contributed by atoms with Gasteiger partial charge in [-0.1, -0.05) is 12.2 Å². The van der Waals surface area contributed by atoms with E-state index in [1.54, 1.807) is 0 Å². The number of allylic oxidation sites excluding steroid dienone is 2. The summed E-state index contributed by atoms with van der Waals surface area (Å²) < 4.78 is 49.1. The lowest BCUT2D eigenvalue weighted by Crippen LogP contribution is -2.29. The van der Waals surface area contributed by atoms with Crippen molar-refractivity contribution in [1.82, 2.24) is 4.72 Å². The van der Waals surface area contributed by atoms with Crippen molar-refractivity contribution < 1.29 is 16.8 Å². The van der Waals surface area contributed by atoms with Crippen molar-refractivity contribution in [2.75, 3.05) is 6.54 Å². The minimum absolute atomic E-state index is 0.0289. The zero-order valence-electron chi connectivity index (χ0n) is 11.4. The predicted octanol–water partition coefficient (Wildman–Crippen LogP) is 0.969. The van der Waals surface area contributed by atoms with Gasteiger partial charge in [-0.15, -0.1) is 0 Å². The van der Waals surface area contributed by atoms with Crippen LogP contribution >= 0.6 is 0 Å². The number of rotatable bonds is 5. The normalized spacial score (nSPS) is 19.6. The molecule has 1 aliphatic carbocycles. The van der Waals surface area contributed by atoms with E-state index in [9.17, 15) is 16.8 Å². The van der Waals surface area contributed by atoms with E-state index in [-0.39, 0.29) is 9.79 Å². The van der Waals surface area contributed by atoms with Crippen LogP contribution in [0.1, 0.15) is 19.3 Å². The molecule has 0 amide bonds. The zero-order valence-corrected chi connectivity index (χ0v) is 13.0. The van der Waals surface area contributed by atoms with Crippen molar-refractivity contribution in [3.63, 3.8) is 0 Å². The number of hydrogen-bond donors (Lipinski definition) is 2. The molecule has 8 heteroatoms. The molecule has 116 valence electrons. The topological polar surface area (TPSA) is 106 Å². The molecular weight excluding hydrogens is 312 g/mol. The van der Waals surface area contributed by atoms with Gasteiger partial charge in [0.25, 0.3) is 0 Å². The number of nitrogens with one attached hydrogen (secondary N) is 1. The van der Waals surface area contributed by atoms with E-state index in [0.717, 1.165) is 19.3 Å². The maximum atomic E-state index is 12.1. The molecule has 0 bridgehead atoms. The average Bonchev–Trinajstić information content (AvgIpc) is 2.46. The summed E-state index contributed by atoms with van der Waals surface area (Å²) in [5.74, 6) is 0.300. The second-order valence-electron chi connectivity index (χ2n) is 5.02. The van der Waals surface area contributed by atoms with Crippen molar-refractivity contribution in [3.05, 3.63) is 36.4 Å². The molecule has 0 fully saturated rings. The predicted molar refractivity (Wildman–Crippen MR) is 79.5 cm³/mol. The Hall–Kier alpha value is -1.22. The Labute approximate surface area is 125 Å². The molecule has 2 rings (SSSR count). The van der Waals surface area contributed by atoms with Crippen molar-refractivity contribution >= 4 is 20.0 Å². The van der Waals surface area contributed by atoms with Crippen LogP contribution in [0.25, 0.3) is 0 Å². The second-order valence-corrected chi connectivity index (χ2v) is 8.35. The van der Waals surface area contributed by atoms with Crippen molar-refractivity contribution in [2.45, 2.75) is 29.1 Å². The fourth-order valence-electron chi connectivity index (χ4n) is 2.16. The number of nitrogens with two attached hydrogens (primary N) is 1. The summed E-state index contributed by atoms with van der Waals surface area (Å²) in [6.07, 6.45) is 6.95. The molecule has 0 saturated carbocycles. The van der Waals surface area contributed by atoms with E-state index in [1.165, 1.54) is 24.3 Å². The van der Waals surface area contributed by atoms with Gasteiger partial charge in [0.05, 0.1) is 9.79 Å². The maximum absolute atomic E-state index is 12.1. The van der Waals surface area contributed by atoms with Crippen LogP contribution in [-0.2, 0) is 20.0 Å². The molecule has 0 heterocycles. The Balaban J connectivity index is 2.07. The van der Waals surface area contributed by atoms with E-state index < -0.39 is 20.0 Å². The first-order valence-corrected chi connectivity index (χ1v) is 9.59. The minimum atomic E-state index is -3.82. The summed E-state index contributed by atoms with van der Waals surface area (Å²) in [6, 6.07) is 4.85. The number of sulfonamides is 2. The van der Waals surface area contributed by atoms with Gasteiger partial charge in [-0.2, -0.15) is 0 Å². The Bertz CT molecular complexity index is 722. The van der Waals surface area contributed by atoms with Crippen LogP contribution in [0.5, 0.6) is 0 Å². The van der Waals surface area contributed by atoms with Gasteiger partial charge >= 0.3 is 0 Å². The summed E-state index contributed by atoms with van der Waals surface area (Å²) in [4.78, 5) is -0.0832. The van der Waals surface area contributed by atoms with Crippen LogP contribution in [0.15, 0.2) is 46.2 Å². The first-order valence-electron chi connectivity index (χ1n) is 6.56. The third kappa shape index (κ3) is 4.37. The molecular formula is C13H18N2O4S2. The molecule has 3 N–H and O–H groups in total. The van der Waals surface area contributed by atoms with E-state index >= 15 is 0 Å². The Morgan fingerprint density at radius 3 is 2.19 bits per heavy atom. The largest absolute Gasteiger partial charge is 0.240 e. The zero-order chi connectivity index (χ0) is 15.5. The van der Waals surface area contributed by atoms with Gasteiger partial charge in [-0.05, 0) is 49.4 Å². The average molecular weight is 330 g/mol. The molecule has 0 unspecified atom stereocenters. The Morgan fingerprint density at radius 1 is 1.05 bits per heavy atom. The van der Waals surface area contributed by atoms with Crippen LogP contribution in [0.3, 0.4) is 0 Å². The van der Waals surface area contributed by atoms with Gasteiger partial charge in [0.2, 0.25) is 20.0 Å². The van der Waals surface area contributed by atoms with Gasteiger partial charge in [-0.25, -0.2) is 26.7 Å². The number of benzene rings is 1. The van der Waals surface area contributed by atoms with Gasteiger partial charge in [-0.3, -0.25) is 0 Å². The highest BCUT2D eigenvalue weighted by atomic mass is 32.2. The molecule has 1 aromatic carbocycles. The summed E-state index contributed by atoms with van der Waals surface area (Å²) in [5.41, 5.74) is 0. The van der Waals surface area contributed by atoms with Gasteiger partial charge in [0.15, 0.2) is 0 Å². The van der Waals surface area contributed by atoms with Crippen molar-refractivity contribution in [2.24, 2.45) is 11.1 Å². The lowest BCUT2D eigenvalue weighted by Gasteiger charge is -2.18. The second kappa shape index (κ2) is 6.27. The molecule has 21 heavy (non-hydrogen) atoms. The van der Waals surface area contributed by atoms with Crippen molar-refractivity contribution in [1.29, 1.82) is 0 Å². The lowest BCUT2D eigenvalue weighted by atomic mass is 9.95. The van der Waals surface area contributed by atoms with Crippen LogP contribution in [-0.4, -0.2) is 23.4 Å². The van der Waals surface area contributed by atoms with Crippen LogP contribution in [0, 0.1) is 5.92 Å². The quantitative estimate of drug-likeness (QED) is 0.784. The molecule has 1 atom stereocenters. The molecule has 6 nitrogen and oxygen atoms in total. The Morgan fingerprint density at radius 2 is 1.67 bits per heavy atom. The molecule has 0 aromatic heterocycles. The molecule has 0 radical (unpaired) electrons. The fraction of sp³-hybridized carbons (Fsp3) is 0.385. The van der Waals surface area contributed by atoms with Gasteiger partial charge in [0.1, 0.15) is 0 Å². The first kappa shape index (κ1) is 16.2. The number of primary sulfonamides is 1. The Kier molecular flexibility index (Phi) is 4.82. The summed E-state index contributed by atoms with van der Waals surface area (Å²) in [5, 5.41) is 4.97. The molecule has 1 aromatic rings. The fourth-order valence-corrected chi connectivity index (χ4v) is 3.79. The lowest BCUT2D eigenvalue weighted by molar-refractivity contribution is 0.468. The van der Waals surface area contributed by atoms with Gasteiger partial charge in [0, 0.05) is 6.54 Å². The van der Waals surface area contributed by atoms with Crippen molar-refractivity contribution in [3.8, 4) is 0 Å². The summed E-state index contributed by atoms with van der Waals surface area (Å²) in [6.45, 7) is 0.379. The molecule has 0 aliphatic heterocycles. The smallest absolute Gasteiger partial charge is 0.225 e. The first-order chi connectivity index (χ1) is 9.79.